The van der Waals surface area contributed by atoms with Gasteiger partial charge in [-0.1, -0.05) is 6.07 Å². The summed E-state index contributed by atoms with van der Waals surface area (Å²) in [6, 6.07) is 10.9. The number of anilines is 1. The lowest BCUT2D eigenvalue weighted by atomic mass is 9.94. The normalized spacial score (nSPS) is 11.9. The molecule has 2 aromatic carbocycles. The van der Waals surface area contributed by atoms with Crippen molar-refractivity contribution in [2.75, 3.05) is 12.6 Å². The van der Waals surface area contributed by atoms with E-state index in [9.17, 15) is 4.39 Å². The zero-order valence-electron chi connectivity index (χ0n) is 12.1. The summed E-state index contributed by atoms with van der Waals surface area (Å²) in [6.07, 6.45) is 0.672. The van der Waals surface area contributed by atoms with Crippen LogP contribution >= 0.6 is 0 Å². The van der Waals surface area contributed by atoms with Crippen LogP contribution in [-0.2, 0) is 17.9 Å². The van der Waals surface area contributed by atoms with Crippen LogP contribution in [0.4, 0.5) is 10.1 Å². The van der Waals surface area contributed by atoms with Gasteiger partial charge in [-0.2, -0.15) is 5.26 Å². The van der Waals surface area contributed by atoms with Gasteiger partial charge in [-0.05, 0) is 47.4 Å². The van der Waals surface area contributed by atoms with Gasteiger partial charge in [0.25, 0.3) is 0 Å². The van der Waals surface area contributed by atoms with Crippen LogP contribution in [0.3, 0.4) is 0 Å². The molecule has 112 valence electrons. The van der Waals surface area contributed by atoms with Crippen molar-refractivity contribution in [3.63, 3.8) is 0 Å². The Hall–Kier alpha value is -2.58. The van der Waals surface area contributed by atoms with Crippen molar-refractivity contribution in [3.8, 4) is 22.9 Å². The van der Waals surface area contributed by atoms with Gasteiger partial charge in [0.05, 0.1) is 18.9 Å². The highest BCUT2D eigenvalue weighted by Gasteiger charge is 2.20. The molecule has 0 aromatic heterocycles. The molecule has 0 amide bonds. The first-order valence-corrected chi connectivity index (χ1v) is 6.97. The minimum absolute atomic E-state index is 0.286. The van der Waals surface area contributed by atoms with E-state index < -0.39 is 0 Å². The van der Waals surface area contributed by atoms with Gasteiger partial charge >= 0.3 is 0 Å². The second-order valence-electron chi connectivity index (χ2n) is 5.06. The number of nitriles is 1. The number of hydrogen-bond donors (Lipinski definition) is 1. The van der Waals surface area contributed by atoms with E-state index in [1.165, 1.54) is 13.2 Å². The van der Waals surface area contributed by atoms with Crippen LogP contribution in [0.1, 0.15) is 17.5 Å². The Labute approximate surface area is 128 Å². The van der Waals surface area contributed by atoms with Crippen LogP contribution in [0.2, 0.25) is 0 Å². The molecule has 0 spiro atoms. The van der Waals surface area contributed by atoms with E-state index in [0.29, 0.717) is 24.3 Å². The smallest absolute Gasteiger partial charge is 0.128 e. The Bertz CT molecular complexity index is 753. The highest BCUT2D eigenvalue weighted by Crippen LogP contribution is 2.40. The molecule has 3 rings (SSSR count). The third kappa shape index (κ3) is 2.61. The third-order valence-corrected chi connectivity index (χ3v) is 3.66. The molecule has 0 unspecified atom stereocenters. The van der Waals surface area contributed by atoms with Gasteiger partial charge in [0.1, 0.15) is 18.2 Å². The standard InChI is InChI=1S/C17H15FN2O2/c1-21-20-13-5-4-12-10-22-17-7-11(3-2-6-19)16(18)9-15(17)14(12)8-13/h4-5,7-9,20H,2-3,10H2,1H3. The summed E-state index contributed by atoms with van der Waals surface area (Å²) in [5.74, 6) is 0.340. The maximum atomic E-state index is 14.2. The highest BCUT2D eigenvalue weighted by molar-refractivity contribution is 5.78. The Balaban J connectivity index is 2.04. The first kappa shape index (κ1) is 14.4. The van der Waals surface area contributed by atoms with Crippen molar-refractivity contribution in [3.05, 3.63) is 47.3 Å². The van der Waals surface area contributed by atoms with Crippen molar-refractivity contribution < 1.29 is 14.0 Å². The number of benzene rings is 2. The number of aryl methyl sites for hydroxylation is 1. The zero-order chi connectivity index (χ0) is 15.5. The summed E-state index contributed by atoms with van der Waals surface area (Å²) in [5.41, 5.74) is 6.72. The van der Waals surface area contributed by atoms with Crippen LogP contribution < -0.4 is 10.2 Å². The molecule has 0 saturated heterocycles. The maximum absolute atomic E-state index is 14.2. The first-order chi connectivity index (χ1) is 10.7. The molecule has 2 aromatic rings. The SMILES string of the molecule is CONc1ccc2c(c1)-c1cc(F)c(CCC#N)cc1OC2. The molecule has 0 radical (unpaired) electrons. The topological polar surface area (TPSA) is 54.3 Å². The number of fused-ring (bicyclic) bond motifs is 3. The number of nitrogens with one attached hydrogen (secondary N) is 1. The van der Waals surface area contributed by atoms with Crippen molar-refractivity contribution in [1.82, 2.24) is 0 Å². The van der Waals surface area contributed by atoms with E-state index >= 15 is 0 Å². The summed E-state index contributed by atoms with van der Waals surface area (Å²) in [6.45, 7) is 0.443. The first-order valence-electron chi connectivity index (χ1n) is 6.97. The number of rotatable bonds is 4. The largest absolute Gasteiger partial charge is 0.488 e. The fourth-order valence-electron chi connectivity index (χ4n) is 2.60. The van der Waals surface area contributed by atoms with Gasteiger partial charge in [-0.15, -0.1) is 0 Å². The Morgan fingerprint density at radius 1 is 1.32 bits per heavy atom. The molecule has 0 aliphatic carbocycles. The van der Waals surface area contributed by atoms with Gasteiger partial charge in [-0.25, -0.2) is 4.39 Å². The number of halogens is 1. The molecule has 22 heavy (non-hydrogen) atoms. The van der Waals surface area contributed by atoms with Crippen LogP contribution in [0.25, 0.3) is 11.1 Å². The van der Waals surface area contributed by atoms with Crippen LogP contribution in [0.15, 0.2) is 30.3 Å². The predicted molar refractivity (Wildman–Crippen MR) is 80.7 cm³/mol. The van der Waals surface area contributed by atoms with E-state index in [0.717, 1.165) is 22.4 Å². The molecule has 0 fully saturated rings. The minimum atomic E-state index is -0.310. The number of ether oxygens (including phenoxy) is 1. The fraction of sp³-hybridized carbons (Fsp3) is 0.235. The predicted octanol–water partition coefficient (Wildman–Crippen LogP) is 3.81. The van der Waals surface area contributed by atoms with Crippen LogP contribution in [0, 0.1) is 17.1 Å². The quantitative estimate of drug-likeness (QED) is 0.872. The molecule has 5 heteroatoms. The van der Waals surface area contributed by atoms with Gasteiger partial charge < -0.3 is 4.74 Å². The van der Waals surface area contributed by atoms with E-state index in [2.05, 4.69) is 5.48 Å². The molecule has 1 N–H and O–H groups in total. The summed E-state index contributed by atoms with van der Waals surface area (Å²) >= 11 is 0. The summed E-state index contributed by atoms with van der Waals surface area (Å²) in [5, 5.41) is 8.65. The molecular formula is C17H15FN2O2. The molecule has 1 heterocycles. The number of nitrogens with zero attached hydrogens (tertiary/aromatic N) is 1. The van der Waals surface area contributed by atoms with E-state index in [1.54, 1.807) is 6.07 Å². The fourth-order valence-corrected chi connectivity index (χ4v) is 2.60. The van der Waals surface area contributed by atoms with E-state index in [1.807, 2.05) is 24.3 Å². The molecule has 0 bridgehead atoms. The maximum Gasteiger partial charge on any atom is 0.128 e. The third-order valence-electron chi connectivity index (χ3n) is 3.66. The summed E-state index contributed by atoms with van der Waals surface area (Å²) in [4.78, 5) is 4.91. The van der Waals surface area contributed by atoms with Gasteiger partial charge in [0, 0.05) is 12.0 Å². The molecule has 1 aliphatic heterocycles. The second kappa shape index (κ2) is 6.04. The zero-order valence-corrected chi connectivity index (χ0v) is 12.1. The average molecular weight is 298 g/mol. The lowest BCUT2D eigenvalue weighted by Crippen LogP contribution is -2.08. The lowest BCUT2D eigenvalue weighted by Gasteiger charge is -2.22. The van der Waals surface area contributed by atoms with Gasteiger partial charge in [0.2, 0.25) is 0 Å². The lowest BCUT2D eigenvalue weighted by molar-refractivity contribution is 0.271. The van der Waals surface area contributed by atoms with E-state index in [4.69, 9.17) is 14.8 Å². The molecule has 0 saturated carbocycles. The molecule has 4 nitrogen and oxygen atoms in total. The van der Waals surface area contributed by atoms with E-state index in [-0.39, 0.29) is 12.2 Å². The number of hydrogen-bond acceptors (Lipinski definition) is 4. The monoisotopic (exact) mass is 298 g/mol. The molecule has 0 atom stereocenters. The van der Waals surface area contributed by atoms with Crippen molar-refractivity contribution in [2.24, 2.45) is 0 Å². The van der Waals surface area contributed by atoms with Crippen molar-refractivity contribution in [2.45, 2.75) is 19.4 Å². The Kier molecular flexibility index (Phi) is 3.94. The van der Waals surface area contributed by atoms with Crippen LogP contribution in [-0.4, -0.2) is 7.11 Å². The molecule has 1 aliphatic rings. The minimum Gasteiger partial charge on any atom is -0.488 e. The highest BCUT2D eigenvalue weighted by atomic mass is 19.1. The Morgan fingerprint density at radius 3 is 2.95 bits per heavy atom. The van der Waals surface area contributed by atoms with Crippen molar-refractivity contribution >= 4 is 5.69 Å². The Morgan fingerprint density at radius 2 is 2.18 bits per heavy atom. The average Bonchev–Trinajstić information content (AvgIpc) is 2.53. The van der Waals surface area contributed by atoms with Gasteiger partial charge in [-0.3, -0.25) is 10.3 Å². The summed E-state index contributed by atoms with van der Waals surface area (Å²) in [7, 11) is 1.54. The van der Waals surface area contributed by atoms with Crippen molar-refractivity contribution in [1.29, 1.82) is 5.26 Å². The molecular weight excluding hydrogens is 283 g/mol. The second-order valence-corrected chi connectivity index (χ2v) is 5.06. The van der Waals surface area contributed by atoms with Gasteiger partial charge in [0.15, 0.2) is 0 Å². The summed E-state index contributed by atoms with van der Waals surface area (Å²) < 4.78 is 20.0. The van der Waals surface area contributed by atoms with Crippen LogP contribution in [0.5, 0.6) is 5.75 Å².